The summed E-state index contributed by atoms with van der Waals surface area (Å²) in [6.07, 6.45) is 2.93. The Labute approximate surface area is 178 Å². The van der Waals surface area contributed by atoms with Crippen molar-refractivity contribution in [2.24, 2.45) is 4.99 Å². The van der Waals surface area contributed by atoms with E-state index in [2.05, 4.69) is 50.9 Å². The quantitative estimate of drug-likeness (QED) is 0.588. The first-order chi connectivity index (χ1) is 13.7. The summed E-state index contributed by atoms with van der Waals surface area (Å²) >= 11 is 5.53. The summed E-state index contributed by atoms with van der Waals surface area (Å²) in [6.45, 7) is 4.80. The van der Waals surface area contributed by atoms with Gasteiger partial charge in [-0.2, -0.15) is 0 Å². The molecule has 2 aromatic rings. The average molecular weight is 462 g/mol. The lowest BCUT2D eigenvalue weighted by atomic mass is 9.95. The van der Waals surface area contributed by atoms with Crippen molar-refractivity contribution in [2.45, 2.75) is 38.4 Å². The molecule has 0 bridgehead atoms. The first-order valence-electron chi connectivity index (χ1n) is 9.58. The van der Waals surface area contributed by atoms with E-state index in [0.717, 1.165) is 44.6 Å². The fourth-order valence-corrected chi connectivity index (χ4v) is 5.82. The Bertz CT molecular complexity index is 877. The van der Waals surface area contributed by atoms with Gasteiger partial charge in [0.25, 0.3) is 0 Å². The molecule has 4 rings (SSSR count). The Morgan fingerprint density at radius 3 is 2.82 bits per heavy atom. The number of benzene rings is 1. The van der Waals surface area contributed by atoms with E-state index in [-0.39, 0.29) is 12.1 Å². The minimum Gasteiger partial charge on any atom is -0.493 e. The Morgan fingerprint density at radius 2 is 2.14 bits per heavy atom. The molecule has 0 saturated carbocycles. The number of amidine groups is 1. The zero-order valence-corrected chi connectivity index (χ0v) is 18.7. The summed E-state index contributed by atoms with van der Waals surface area (Å²) in [5, 5.41) is 1.12. The summed E-state index contributed by atoms with van der Waals surface area (Å²) in [5.41, 5.74) is 2.15. The van der Waals surface area contributed by atoms with Crippen molar-refractivity contribution < 1.29 is 9.47 Å². The molecule has 1 fully saturated rings. The second-order valence-electron chi connectivity index (χ2n) is 6.80. The largest absolute Gasteiger partial charge is 0.493 e. The van der Waals surface area contributed by atoms with Gasteiger partial charge in [-0.3, -0.25) is 9.98 Å². The highest BCUT2D eigenvalue weighted by molar-refractivity contribution is 9.10. The summed E-state index contributed by atoms with van der Waals surface area (Å²) in [4.78, 5) is 12.2. The maximum atomic E-state index is 5.79. The van der Waals surface area contributed by atoms with Gasteiger partial charge in [0.15, 0.2) is 16.7 Å². The van der Waals surface area contributed by atoms with Crippen LogP contribution in [-0.4, -0.2) is 40.6 Å². The number of thioether (sulfide) groups is 1. The normalized spacial score (nSPS) is 23.5. The van der Waals surface area contributed by atoms with Crippen LogP contribution in [0.15, 0.2) is 46.0 Å². The summed E-state index contributed by atoms with van der Waals surface area (Å²) in [7, 11) is 1.68. The first-order valence-corrected chi connectivity index (χ1v) is 11.4. The molecule has 0 unspecified atom stereocenters. The molecule has 1 saturated heterocycles. The summed E-state index contributed by atoms with van der Waals surface area (Å²) in [6, 6.07) is 10.8. The lowest BCUT2D eigenvalue weighted by molar-refractivity contribution is 0.253. The molecular formula is C21H24BrN3O2S. The molecule has 2 aliphatic rings. The van der Waals surface area contributed by atoms with Crippen LogP contribution < -0.4 is 9.47 Å². The minimum absolute atomic E-state index is 0.0346. The van der Waals surface area contributed by atoms with E-state index in [1.54, 1.807) is 7.11 Å². The third-order valence-corrected chi connectivity index (χ3v) is 6.93. The molecule has 0 N–H and O–H groups in total. The van der Waals surface area contributed by atoms with Gasteiger partial charge in [-0.1, -0.05) is 24.8 Å². The number of fused-ring (bicyclic) bond motifs is 1. The molecule has 2 aliphatic heterocycles. The van der Waals surface area contributed by atoms with E-state index in [1.165, 1.54) is 0 Å². The number of aromatic nitrogens is 1. The lowest BCUT2D eigenvalue weighted by Crippen LogP contribution is -2.35. The molecule has 0 amide bonds. The maximum Gasteiger partial charge on any atom is 0.175 e. The number of halogens is 1. The van der Waals surface area contributed by atoms with Crippen LogP contribution in [0.2, 0.25) is 0 Å². The number of hydrogen-bond acceptors (Lipinski definition) is 6. The van der Waals surface area contributed by atoms with Gasteiger partial charge in [0.05, 0.1) is 29.9 Å². The van der Waals surface area contributed by atoms with Gasteiger partial charge in [-0.25, -0.2) is 0 Å². The number of hydrogen-bond donors (Lipinski definition) is 0. The molecule has 0 aliphatic carbocycles. The number of rotatable bonds is 6. The molecular weight excluding hydrogens is 438 g/mol. The van der Waals surface area contributed by atoms with Crippen molar-refractivity contribution in [2.75, 3.05) is 19.5 Å². The highest BCUT2D eigenvalue weighted by Gasteiger charge is 2.45. The number of nitrogens with zero attached hydrogens (tertiary/aromatic N) is 3. The Morgan fingerprint density at radius 1 is 1.29 bits per heavy atom. The minimum atomic E-state index is -0.0346. The molecule has 148 valence electrons. The molecule has 7 heteroatoms. The van der Waals surface area contributed by atoms with Crippen molar-refractivity contribution in [3.63, 3.8) is 0 Å². The molecule has 0 spiro atoms. The van der Waals surface area contributed by atoms with E-state index >= 15 is 0 Å². The van der Waals surface area contributed by atoms with Crippen LogP contribution >= 0.6 is 27.7 Å². The highest BCUT2D eigenvalue weighted by atomic mass is 79.9. The fourth-order valence-electron chi connectivity index (χ4n) is 3.90. The van der Waals surface area contributed by atoms with Crippen LogP contribution in [0, 0.1) is 0 Å². The predicted molar refractivity (Wildman–Crippen MR) is 117 cm³/mol. The van der Waals surface area contributed by atoms with E-state index in [4.69, 9.17) is 14.5 Å². The smallest absolute Gasteiger partial charge is 0.175 e. The first kappa shape index (κ1) is 19.6. The van der Waals surface area contributed by atoms with E-state index in [9.17, 15) is 0 Å². The molecule has 28 heavy (non-hydrogen) atoms. The van der Waals surface area contributed by atoms with Gasteiger partial charge in [-0.15, -0.1) is 0 Å². The van der Waals surface area contributed by atoms with E-state index in [0.29, 0.717) is 12.6 Å². The van der Waals surface area contributed by atoms with Crippen molar-refractivity contribution >= 4 is 32.9 Å². The second kappa shape index (κ2) is 8.33. The number of methoxy groups -OCH3 is 1. The van der Waals surface area contributed by atoms with E-state index < -0.39 is 0 Å². The topological polar surface area (TPSA) is 47.0 Å². The summed E-state index contributed by atoms with van der Waals surface area (Å²) in [5.74, 6) is 2.56. The molecule has 1 aromatic carbocycles. The third kappa shape index (κ3) is 3.39. The van der Waals surface area contributed by atoms with Crippen molar-refractivity contribution in [3.05, 3.63) is 52.3 Å². The summed E-state index contributed by atoms with van der Waals surface area (Å²) < 4.78 is 12.3. The van der Waals surface area contributed by atoms with Gasteiger partial charge in [-0.05, 0) is 59.1 Å². The van der Waals surface area contributed by atoms with Gasteiger partial charge < -0.3 is 14.4 Å². The van der Waals surface area contributed by atoms with Gasteiger partial charge in [0.2, 0.25) is 0 Å². The van der Waals surface area contributed by atoms with Crippen LogP contribution in [-0.2, 0) is 0 Å². The Hall–Kier alpha value is -1.73. The molecule has 0 radical (unpaired) electrons. The zero-order chi connectivity index (χ0) is 19.7. The van der Waals surface area contributed by atoms with E-state index in [1.807, 2.05) is 37.0 Å². The number of ether oxygens (including phenoxy) is 2. The van der Waals surface area contributed by atoms with Crippen molar-refractivity contribution in [1.29, 1.82) is 0 Å². The monoisotopic (exact) mass is 461 g/mol. The zero-order valence-electron chi connectivity index (χ0n) is 16.3. The van der Waals surface area contributed by atoms with Crippen molar-refractivity contribution in [1.82, 2.24) is 9.88 Å². The second-order valence-corrected chi connectivity index (χ2v) is 8.64. The molecule has 3 atom stereocenters. The predicted octanol–water partition coefficient (Wildman–Crippen LogP) is 5.23. The average Bonchev–Trinajstić information content (AvgIpc) is 3.29. The standard InChI is InChI=1S/C21H24BrN3O2S/c1-4-14-12-28-21-24-18(16-8-6-7-9-23-16)19(25(14)21)13-10-15(22)20(27-5-2)17(11-13)26-3/h6-11,14,18-19H,4-5,12H2,1-3H3/t14-,18-,19+/m0/s1. The SMILES string of the molecule is CCOc1c(Br)cc([C@@H]2[C@H](c3ccccn3)N=C3SC[C@H](CC)N32)cc1OC. The van der Waals surface area contributed by atoms with Crippen LogP contribution in [0.1, 0.15) is 43.6 Å². The molecule has 5 nitrogen and oxygen atoms in total. The van der Waals surface area contributed by atoms with Crippen molar-refractivity contribution in [3.8, 4) is 11.5 Å². The van der Waals surface area contributed by atoms with Gasteiger partial charge in [0, 0.05) is 18.0 Å². The fraction of sp³-hybridized carbons (Fsp3) is 0.429. The van der Waals surface area contributed by atoms with Crippen LogP contribution in [0.5, 0.6) is 11.5 Å². The number of pyridine rings is 1. The van der Waals surface area contributed by atoms with Gasteiger partial charge in [0.1, 0.15) is 6.04 Å². The molecule has 3 heterocycles. The number of aliphatic imine (C=N–C) groups is 1. The van der Waals surface area contributed by atoms with Crippen LogP contribution in [0.3, 0.4) is 0 Å². The van der Waals surface area contributed by atoms with Crippen LogP contribution in [0.4, 0.5) is 0 Å². The van der Waals surface area contributed by atoms with Gasteiger partial charge >= 0.3 is 0 Å². The lowest BCUT2D eigenvalue weighted by Gasteiger charge is -2.32. The maximum absolute atomic E-state index is 5.79. The Kier molecular flexibility index (Phi) is 5.83. The Balaban J connectivity index is 1.81. The highest BCUT2D eigenvalue weighted by Crippen LogP contribution is 2.50. The third-order valence-electron chi connectivity index (χ3n) is 5.21. The van der Waals surface area contributed by atoms with Crippen LogP contribution in [0.25, 0.3) is 0 Å². The molecule has 1 aromatic heterocycles.